The molecule has 19 heavy (non-hydrogen) atoms. The van der Waals surface area contributed by atoms with E-state index in [0.29, 0.717) is 5.76 Å². The van der Waals surface area contributed by atoms with Gasteiger partial charge in [-0.25, -0.2) is 4.98 Å². The van der Waals surface area contributed by atoms with Gasteiger partial charge in [0.1, 0.15) is 0 Å². The Balaban J connectivity index is 1.92. The largest absolute Gasteiger partial charge is 0.460 e. The minimum Gasteiger partial charge on any atom is -0.460 e. The van der Waals surface area contributed by atoms with Crippen molar-refractivity contribution >= 4 is 22.6 Å². The first-order valence-corrected chi connectivity index (χ1v) is 5.94. The number of H-pyrrole nitrogens is 1. The Morgan fingerprint density at radius 2 is 2.21 bits per heavy atom. The Kier molecular flexibility index (Phi) is 2.76. The third-order valence-electron chi connectivity index (χ3n) is 2.99. The van der Waals surface area contributed by atoms with Crippen molar-refractivity contribution in [3.05, 3.63) is 60.1 Å². The lowest BCUT2D eigenvalue weighted by Crippen LogP contribution is -1.92. The maximum atomic E-state index is 12.1. The lowest BCUT2D eigenvalue weighted by molar-refractivity contribution is 0.102. The van der Waals surface area contributed by atoms with E-state index in [1.54, 1.807) is 18.7 Å². The second-order valence-electron chi connectivity index (χ2n) is 4.26. The van der Waals surface area contributed by atoms with E-state index < -0.39 is 0 Å². The Morgan fingerprint density at radius 1 is 1.37 bits per heavy atom. The fourth-order valence-electron chi connectivity index (χ4n) is 1.95. The summed E-state index contributed by atoms with van der Waals surface area (Å²) in [5, 5.41) is 1.76. The van der Waals surface area contributed by atoms with E-state index in [1.165, 1.54) is 6.08 Å². The second-order valence-corrected chi connectivity index (χ2v) is 4.26. The number of benzene rings is 1. The molecule has 4 nitrogen and oxygen atoms in total. The summed E-state index contributed by atoms with van der Waals surface area (Å²) in [7, 11) is 0. The molecule has 4 heteroatoms. The highest BCUT2D eigenvalue weighted by molar-refractivity contribution is 6.12. The third-order valence-corrected chi connectivity index (χ3v) is 2.99. The van der Waals surface area contributed by atoms with Gasteiger partial charge in [0.25, 0.3) is 0 Å². The van der Waals surface area contributed by atoms with E-state index >= 15 is 0 Å². The van der Waals surface area contributed by atoms with Gasteiger partial charge in [-0.3, -0.25) is 4.79 Å². The molecule has 1 aromatic carbocycles. The summed E-state index contributed by atoms with van der Waals surface area (Å²) in [6.45, 7) is 1.90. The van der Waals surface area contributed by atoms with Crippen LogP contribution >= 0.6 is 0 Å². The number of nitrogens with zero attached hydrogens (tertiary/aromatic N) is 1. The second kappa shape index (κ2) is 4.57. The summed E-state index contributed by atoms with van der Waals surface area (Å²) in [4.78, 5) is 19.2. The Bertz CT molecular complexity index is 765. The molecule has 0 spiro atoms. The van der Waals surface area contributed by atoms with Crippen LogP contribution in [0.1, 0.15) is 21.9 Å². The Hall–Kier alpha value is -2.62. The van der Waals surface area contributed by atoms with Crippen molar-refractivity contribution in [1.82, 2.24) is 9.97 Å². The predicted molar refractivity (Wildman–Crippen MR) is 72.9 cm³/mol. The number of hydrogen-bond donors (Lipinski definition) is 1. The Labute approximate surface area is 109 Å². The maximum Gasteiger partial charge on any atom is 0.221 e. The molecule has 0 aliphatic carbocycles. The normalized spacial score (nSPS) is 11.4. The van der Waals surface area contributed by atoms with Crippen LogP contribution in [0.25, 0.3) is 16.8 Å². The number of aromatic nitrogens is 2. The van der Waals surface area contributed by atoms with Gasteiger partial charge < -0.3 is 9.40 Å². The number of rotatable bonds is 3. The summed E-state index contributed by atoms with van der Waals surface area (Å²) >= 11 is 0. The van der Waals surface area contributed by atoms with Crippen LogP contribution in [0.4, 0.5) is 0 Å². The number of aryl methyl sites for hydroxylation is 1. The van der Waals surface area contributed by atoms with Crippen LogP contribution < -0.4 is 0 Å². The predicted octanol–water partition coefficient (Wildman–Crippen LogP) is 3.36. The molecule has 1 N–H and O–H groups in total. The molecule has 3 rings (SSSR count). The monoisotopic (exact) mass is 252 g/mol. The fourth-order valence-corrected chi connectivity index (χ4v) is 1.95. The van der Waals surface area contributed by atoms with Gasteiger partial charge in [-0.1, -0.05) is 24.3 Å². The van der Waals surface area contributed by atoms with Gasteiger partial charge in [0, 0.05) is 16.5 Å². The lowest BCUT2D eigenvalue weighted by atomic mass is 10.1. The van der Waals surface area contributed by atoms with Crippen molar-refractivity contribution in [2.75, 3.05) is 0 Å². The zero-order valence-electron chi connectivity index (χ0n) is 10.4. The van der Waals surface area contributed by atoms with Gasteiger partial charge in [0.15, 0.2) is 5.76 Å². The number of aromatic amines is 1. The van der Waals surface area contributed by atoms with Crippen LogP contribution in [-0.4, -0.2) is 15.8 Å². The van der Waals surface area contributed by atoms with Crippen molar-refractivity contribution in [3.63, 3.8) is 0 Å². The van der Waals surface area contributed by atoms with Crippen LogP contribution in [0, 0.1) is 6.92 Å². The third kappa shape index (κ3) is 2.08. The summed E-state index contributed by atoms with van der Waals surface area (Å²) in [6, 6.07) is 7.59. The van der Waals surface area contributed by atoms with Crippen LogP contribution in [-0.2, 0) is 0 Å². The number of carbonyl (C=O) groups is 1. The molecule has 0 bridgehead atoms. The summed E-state index contributed by atoms with van der Waals surface area (Å²) < 4.78 is 5.35. The van der Waals surface area contributed by atoms with E-state index in [-0.39, 0.29) is 5.78 Å². The zero-order valence-corrected chi connectivity index (χ0v) is 10.4. The number of hydrogen-bond acceptors (Lipinski definition) is 3. The average Bonchev–Trinajstić information content (AvgIpc) is 3.02. The Morgan fingerprint density at radius 3 is 3.00 bits per heavy atom. The van der Waals surface area contributed by atoms with Crippen molar-refractivity contribution < 1.29 is 9.21 Å². The molecule has 0 aliphatic heterocycles. The SMILES string of the molecule is Cc1[nH]cnc1/C=C/C(=O)c1occ2ccccc12. The molecule has 0 unspecified atom stereocenters. The van der Waals surface area contributed by atoms with Crippen molar-refractivity contribution in [1.29, 1.82) is 0 Å². The molecular formula is C15H12N2O2. The molecule has 2 heterocycles. The van der Waals surface area contributed by atoms with Gasteiger partial charge in [-0.15, -0.1) is 0 Å². The molecule has 0 aliphatic rings. The molecule has 2 aromatic heterocycles. The highest BCUT2D eigenvalue weighted by Gasteiger charge is 2.11. The standard InChI is InChI=1S/C15H12N2O2/c1-10-13(17-9-16-10)6-7-14(18)15-12-5-3-2-4-11(12)8-19-15/h2-9H,1H3,(H,16,17)/b7-6+. The number of carbonyl (C=O) groups excluding carboxylic acids is 1. The van der Waals surface area contributed by atoms with E-state index in [9.17, 15) is 4.79 Å². The number of imidazole rings is 1. The quantitative estimate of drug-likeness (QED) is 0.574. The molecule has 0 fully saturated rings. The first-order chi connectivity index (χ1) is 9.25. The van der Waals surface area contributed by atoms with E-state index in [1.807, 2.05) is 31.2 Å². The van der Waals surface area contributed by atoms with Crippen LogP contribution in [0.3, 0.4) is 0 Å². The van der Waals surface area contributed by atoms with Gasteiger partial charge in [0.05, 0.1) is 18.3 Å². The van der Waals surface area contributed by atoms with E-state index in [2.05, 4.69) is 9.97 Å². The molecule has 94 valence electrons. The van der Waals surface area contributed by atoms with Crippen molar-refractivity contribution in [2.45, 2.75) is 6.92 Å². The fraction of sp³-hybridized carbons (Fsp3) is 0.0667. The number of fused-ring (bicyclic) bond motifs is 1. The molecule has 0 radical (unpaired) electrons. The number of furan rings is 1. The first-order valence-electron chi connectivity index (χ1n) is 5.94. The van der Waals surface area contributed by atoms with Gasteiger partial charge in [-0.05, 0) is 19.1 Å². The number of allylic oxidation sites excluding steroid dienone is 1. The molecule has 0 amide bonds. The smallest absolute Gasteiger partial charge is 0.221 e. The van der Waals surface area contributed by atoms with Crippen molar-refractivity contribution in [3.8, 4) is 0 Å². The molecule has 0 atom stereocenters. The number of ketones is 1. The minimum atomic E-state index is -0.163. The molecule has 0 saturated heterocycles. The lowest BCUT2D eigenvalue weighted by Gasteiger charge is -1.92. The minimum absolute atomic E-state index is 0.163. The highest BCUT2D eigenvalue weighted by Crippen LogP contribution is 2.21. The van der Waals surface area contributed by atoms with Gasteiger partial charge >= 0.3 is 0 Å². The van der Waals surface area contributed by atoms with E-state index in [0.717, 1.165) is 22.2 Å². The zero-order chi connectivity index (χ0) is 13.2. The first kappa shape index (κ1) is 11.5. The van der Waals surface area contributed by atoms with E-state index in [4.69, 9.17) is 4.42 Å². The highest BCUT2D eigenvalue weighted by atomic mass is 16.3. The number of nitrogens with one attached hydrogen (secondary N) is 1. The summed E-state index contributed by atoms with van der Waals surface area (Å²) in [5.74, 6) is 0.198. The maximum absolute atomic E-state index is 12.1. The van der Waals surface area contributed by atoms with Crippen LogP contribution in [0.2, 0.25) is 0 Å². The topological polar surface area (TPSA) is 58.9 Å². The summed E-state index contributed by atoms with van der Waals surface area (Å²) in [5.41, 5.74) is 1.68. The van der Waals surface area contributed by atoms with Crippen LogP contribution in [0.5, 0.6) is 0 Å². The van der Waals surface area contributed by atoms with Crippen molar-refractivity contribution in [2.24, 2.45) is 0 Å². The molecule has 0 saturated carbocycles. The average molecular weight is 252 g/mol. The van der Waals surface area contributed by atoms with Gasteiger partial charge in [0.2, 0.25) is 5.78 Å². The van der Waals surface area contributed by atoms with Crippen LogP contribution in [0.15, 0.2) is 47.3 Å². The molecular weight excluding hydrogens is 240 g/mol. The van der Waals surface area contributed by atoms with Gasteiger partial charge in [-0.2, -0.15) is 0 Å². The summed E-state index contributed by atoms with van der Waals surface area (Å²) in [6.07, 6.45) is 6.36. The molecule has 3 aromatic rings.